The van der Waals surface area contributed by atoms with E-state index in [0.29, 0.717) is 23.2 Å². The SMILES string of the molecule is COC1CCCN(c2nc(Nc3cncc(N4CCCC4=O)c3)ncc2Cl)C1. The first-order valence-electron chi connectivity index (χ1n) is 9.47. The monoisotopic (exact) mass is 402 g/mol. The third-order valence-electron chi connectivity index (χ3n) is 5.10. The number of halogens is 1. The first-order valence-corrected chi connectivity index (χ1v) is 9.84. The molecule has 0 spiro atoms. The van der Waals surface area contributed by atoms with Crippen LogP contribution in [-0.2, 0) is 9.53 Å². The summed E-state index contributed by atoms with van der Waals surface area (Å²) < 4.78 is 5.49. The van der Waals surface area contributed by atoms with Crippen LogP contribution in [0.1, 0.15) is 25.7 Å². The van der Waals surface area contributed by atoms with E-state index < -0.39 is 0 Å². The standard InChI is InChI=1S/C19H23ClN6O2/c1-28-15-4-2-6-25(12-15)18-16(20)11-22-19(24-18)23-13-8-14(10-21-9-13)26-7-3-5-17(26)27/h8-11,15H,2-7,12H2,1H3,(H,22,23,24). The molecular formula is C19H23ClN6O2. The van der Waals surface area contributed by atoms with Gasteiger partial charge in [-0.05, 0) is 25.3 Å². The molecule has 2 saturated heterocycles. The molecule has 1 unspecified atom stereocenters. The van der Waals surface area contributed by atoms with Crippen LogP contribution in [-0.4, -0.2) is 53.7 Å². The molecule has 1 amide bonds. The average molecular weight is 403 g/mol. The minimum atomic E-state index is 0.127. The van der Waals surface area contributed by atoms with Gasteiger partial charge in [0, 0.05) is 33.2 Å². The van der Waals surface area contributed by atoms with E-state index in [1.807, 2.05) is 6.07 Å². The van der Waals surface area contributed by atoms with Crippen molar-refractivity contribution in [2.45, 2.75) is 31.8 Å². The number of aromatic nitrogens is 3. The summed E-state index contributed by atoms with van der Waals surface area (Å²) in [6.45, 7) is 2.35. The summed E-state index contributed by atoms with van der Waals surface area (Å²) in [5.41, 5.74) is 1.50. The molecule has 28 heavy (non-hydrogen) atoms. The Morgan fingerprint density at radius 1 is 1.25 bits per heavy atom. The number of nitrogens with zero attached hydrogens (tertiary/aromatic N) is 5. The van der Waals surface area contributed by atoms with Crippen molar-refractivity contribution in [1.82, 2.24) is 15.0 Å². The molecule has 0 radical (unpaired) electrons. The molecule has 8 nitrogen and oxygen atoms in total. The van der Waals surface area contributed by atoms with E-state index in [0.717, 1.165) is 50.3 Å². The predicted molar refractivity (Wildman–Crippen MR) is 108 cm³/mol. The van der Waals surface area contributed by atoms with E-state index >= 15 is 0 Å². The van der Waals surface area contributed by atoms with E-state index in [2.05, 4.69) is 25.2 Å². The highest BCUT2D eigenvalue weighted by Crippen LogP contribution is 2.29. The molecule has 2 aliphatic rings. The molecule has 0 aliphatic carbocycles. The summed E-state index contributed by atoms with van der Waals surface area (Å²) in [7, 11) is 1.73. The Balaban J connectivity index is 1.53. The number of ether oxygens (including phenoxy) is 1. The van der Waals surface area contributed by atoms with Crippen LogP contribution in [0.25, 0.3) is 0 Å². The van der Waals surface area contributed by atoms with Crippen LogP contribution < -0.4 is 15.1 Å². The lowest BCUT2D eigenvalue weighted by atomic mass is 10.1. The minimum Gasteiger partial charge on any atom is -0.380 e. The maximum Gasteiger partial charge on any atom is 0.229 e. The van der Waals surface area contributed by atoms with Crippen LogP contribution >= 0.6 is 11.6 Å². The zero-order chi connectivity index (χ0) is 19.5. The maximum atomic E-state index is 12.0. The number of piperidine rings is 1. The molecule has 2 aromatic rings. The molecule has 4 heterocycles. The summed E-state index contributed by atoms with van der Waals surface area (Å²) >= 11 is 6.36. The highest BCUT2D eigenvalue weighted by molar-refractivity contribution is 6.32. The number of hydrogen-bond donors (Lipinski definition) is 1. The maximum absolute atomic E-state index is 12.0. The first kappa shape index (κ1) is 18.9. The number of hydrogen-bond acceptors (Lipinski definition) is 7. The van der Waals surface area contributed by atoms with Crippen LogP contribution in [0.2, 0.25) is 5.02 Å². The number of nitrogens with one attached hydrogen (secondary N) is 1. The van der Waals surface area contributed by atoms with Gasteiger partial charge in [0.2, 0.25) is 11.9 Å². The molecule has 0 saturated carbocycles. The number of pyridine rings is 1. The second-order valence-electron chi connectivity index (χ2n) is 7.02. The molecule has 0 bridgehead atoms. The molecule has 1 N–H and O–H groups in total. The van der Waals surface area contributed by atoms with Crippen molar-refractivity contribution in [1.29, 1.82) is 0 Å². The Kier molecular flexibility index (Phi) is 5.59. The lowest BCUT2D eigenvalue weighted by Gasteiger charge is -2.33. The van der Waals surface area contributed by atoms with E-state index in [1.54, 1.807) is 30.6 Å². The zero-order valence-electron chi connectivity index (χ0n) is 15.8. The third kappa shape index (κ3) is 4.02. The highest BCUT2D eigenvalue weighted by Gasteiger charge is 2.24. The van der Waals surface area contributed by atoms with Gasteiger partial charge in [0.05, 0.1) is 36.1 Å². The molecule has 4 rings (SSSR count). The van der Waals surface area contributed by atoms with Crippen LogP contribution in [0.3, 0.4) is 0 Å². The smallest absolute Gasteiger partial charge is 0.229 e. The number of carbonyl (C=O) groups excluding carboxylic acids is 1. The second-order valence-corrected chi connectivity index (χ2v) is 7.42. The number of carbonyl (C=O) groups is 1. The van der Waals surface area contributed by atoms with Crippen LogP contribution in [0.4, 0.5) is 23.1 Å². The normalized spacial score (nSPS) is 19.9. The fourth-order valence-electron chi connectivity index (χ4n) is 3.66. The first-order chi connectivity index (χ1) is 13.6. The molecule has 0 aromatic carbocycles. The Labute approximate surface area is 168 Å². The van der Waals surface area contributed by atoms with Gasteiger partial charge in [-0.1, -0.05) is 11.6 Å². The molecule has 9 heteroatoms. The van der Waals surface area contributed by atoms with Gasteiger partial charge in [-0.25, -0.2) is 4.98 Å². The van der Waals surface area contributed by atoms with Gasteiger partial charge in [0.25, 0.3) is 0 Å². The van der Waals surface area contributed by atoms with Crippen molar-refractivity contribution in [3.63, 3.8) is 0 Å². The molecule has 2 fully saturated rings. The van der Waals surface area contributed by atoms with Gasteiger partial charge in [-0.3, -0.25) is 9.78 Å². The van der Waals surface area contributed by atoms with Crippen molar-refractivity contribution in [3.8, 4) is 0 Å². The zero-order valence-corrected chi connectivity index (χ0v) is 16.5. The molecule has 2 aromatic heterocycles. The summed E-state index contributed by atoms with van der Waals surface area (Å²) in [5, 5.41) is 3.69. The van der Waals surface area contributed by atoms with E-state index in [-0.39, 0.29) is 12.0 Å². The summed E-state index contributed by atoms with van der Waals surface area (Å²) in [6, 6.07) is 1.88. The summed E-state index contributed by atoms with van der Waals surface area (Å²) in [6.07, 6.45) is 8.67. The number of methoxy groups -OCH3 is 1. The van der Waals surface area contributed by atoms with Crippen molar-refractivity contribution >= 4 is 40.6 Å². The van der Waals surface area contributed by atoms with Crippen molar-refractivity contribution in [2.24, 2.45) is 0 Å². The fourth-order valence-corrected chi connectivity index (χ4v) is 3.87. The Hall–Kier alpha value is -2.45. The molecule has 148 valence electrons. The van der Waals surface area contributed by atoms with Gasteiger partial charge < -0.3 is 19.9 Å². The molecular weight excluding hydrogens is 380 g/mol. The highest BCUT2D eigenvalue weighted by atomic mass is 35.5. The number of amides is 1. The predicted octanol–water partition coefficient (Wildman–Crippen LogP) is 3.01. The van der Waals surface area contributed by atoms with Gasteiger partial charge in [-0.2, -0.15) is 4.98 Å². The Morgan fingerprint density at radius 3 is 2.93 bits per heavy atom. The van der Waals surface area contributed by atoms with Crippen LogP contribution in [0.5, 0.6) is 0 Å². The quantitative estimate of drug-likeness (QED) is 0.822. The Bertz CT molecular complexity index is 864. The van der Waals surface area contributed by atoms with Crippen LogP contribution in [0.15, 0.2) is 24.7 Å². The van der Waals surface area contributed by atoms with Gasteiger partial charge in [-0.15, -0.1) is 0 Å². The van der Waals surface area contributed by atoms with Crippen LogP contribution in [0, 0.1) is 0 Å². The van der Waals surface area contributed by atoms with Crippen molar-refractivity contribution in [3.05, 3.63) is 29.7 Å². The number of rotatable bonds is 5. The van der Waals surface area contributed by atoms with E-state index in [1.165, 1.54) is 0 Å². The second kappa shape index (κ2) is 8.28. The van der Waals surface area contributed by atoms with Crippen molar-refractivity contribution < 1.29 is 9.53 Å². The lowest BCUT2D eigenvalue weighted by molar-refractivity contribution is -0.117. The minimum absolute atomic E-state index is 0.127. The summed E-state index contributed by atoms with van der Waals surface area (Å²) in [5.74, 6) is 1.26. The van der Waals surface area contributed by atoms with E-state index in [9.17, 15) is 4.79 Å². The largest absolute Gasteiger partial charge is 0.380 e. The van der Waals surface area contributed by atoms with Gasteiger partial charge >= 0.3 is 0 Å². The van der Waals surface area contributed by atoms with Crippen molar-refractivity contribution in [2.75, 3.05) is 41.9 Å². The van der Waals surface area contributed by atoms with Gasteiger partial charge in [0.15, 0.2) is 5.82 Å². The Morgan fingerprint density at radius 2 is 2.14 bits per heavy atom. The van der Waals surface area contributed by atoms with Gasteiger partial charge in [0.1, 0.15) is 5.02 Å². The summed E-state index contributed by atoms with van der Waals surface area (Å²) in [4.78, 5) is 29.0. The average Bonchev–Trinajstić information content (AvgIpc) is 3.15. The topological polar surface area (TPSA) is 83.5 Å². The lowest BCUT2D eigenvalue weighted by Crippen LogP contribution is -2.39. The van der Waals surface area contributed by atoms with E-state index in [4.69, 9.17) is 16.3 Å². The fraction of sp³-hybridized carbons (Fsp3) is 0.474. The number of anilines is 4. The third-order valence-corrected chi connectivity index (χ3v) is 5.37. The molecule has 2 aliphatic heterocycles. The molecule has 1 atom stereocenters.